The molecule has 0 aliphatic heterocycles. The number of anilines is 1. The molecule has 7 nitrogen and oxygen atoms in total. The van der Waals surface area contributed by atoms with Gasteiger partial charge in [0.15, 0.2) is 12.0 Å². The number of benzene rings is 3. The van der Waals surface area contributed by atoms with Gasteiger partial charge in [0.05, 0.1) is 23.3 Å². The SMILES string of the molecule is CCOc1ccccc1NC(=O)COC(=O)Cn1c2ccccc2c(=O)c2ccccc21. The van der Waals surface area contributed by atoms with Crippen LogP contribution in [-0.4, -0.2) is 29.7 Å². The third kappa shape index (κ3) is 4.32. The van der Waals surface area contributed by atoms with Crippen LogP contribution >= 0.6 is 0 Å². The smallest absolute Gasteiger partial charge is 0.326 e. The third-order valence-corrected chi connectivity index (χ3v) is 4.99. The first kappa shape index (κ1) is 21.1. The highest BCUT2D eigenvalue weighted by Gasteiger charge is 2.15. The molecule has 1 amide bonds. The molecule has 32 heavy (non-hydrogen) atoms. The fourth-order valence-electron chi connectivity index (χ4n) is 3.61. The highest BCUT2D eigenvalue weighted by atomic mass is 16.5. The zero-order valence-electron chi connectivity index (χ0n) is 17.5. The average molecular weight is 430 g/mol. The minimum atomic E-state index is -0.586. The number of esters is 1. The summed E-state index contributed by atoms with van der Waals surface area (Å²) in [6.45, 7) is 1.74. The lowest BCUT2D eigenvalue weighted by atomic mass is 10.1. The van der Waals surface area contributed by atoms with Crippen molar-refractivity contribution in [3.63, 3.8) is 0 Å². The molecule has 1 heterocycles. The zero-order valence-corrected chi connectivity index (χ0v) is 17.5. The van der Waals surface area contributed by atoms with Gasteiger partial charge >= 0.3 is 5.97 Å². The molecule has 7 heteroatoms. The molecule has 0 fully saturated rings. The van der Waals surface area contributed by atoms with E-state index >= 15 is 0 Å². The number of rotatable bonds is 7. The fourth-order valence-corrected chi connectivity index (χ4v) is 3.61. The topological polar surface area (TPSA) is 86.6 Å². The standard InChI is InChI=1S/C25H22N2O5/c1-2-31-22-14-8-5-11-19(22)26-23(28)16-32-24(29)15-27-20-12-6-3-9-17(20)25(30)18-10-4-7-13-21(18)27/h3-14H,2,15-16H2,1H3,(H,26,28). The van der Waals surface area contributed by atoms with Gasteiger partial charge in [0.25, 0.3) is 5.91 Å². The molecule has 1 N–H and O–H groups in total. The molecule has 1 aromatic heterocycles. The monoisotopic (exact) mass is 430 g/mol. The van der Waals surface area contributed by atoms with E-state index < -0.39 is 18.5 Å². The Labute approximate surface area is 184 Å². The lowest BCUT2D eigenvalue weighted by Crippen LogP contribution is -2.24. The van der Waals surface area contributed by atoms with Gasteiger partial charge in [0.1, 0.15) is 12.3 Å². The van der Waals surface area contributed by atoms with Gasteiger partial charge in [-0.15, -0.1) is 0 Å². The first-order valence-electron chi connectivity index (χ1n) is 10.3. The number of amides is 1. The van der Waals surface area contributed by atoms with Crippen molar-refractivity contribution >= 4 is 39.4 Å². The van der Waals surface area contributed by atoms with Crippen molar-refractivity contribution in [1.82, 2.24) is 4.57 Å². The molecule has 0 unspecified atom stereocenters. The van der Waals surface area contributed by atoms with Gasteiger partial charge < -0.3 is 19.4 Å². The molecule has 162 valence electrons. The normalized spacial score (nSPS) is 10.8. The predicted octanol–water partition coefficient (Wildman–Crippen LogP) is 3.74. The predicted molar refractivity (Wildman–Crippen MR) is 123 cm³/mol. The highest BCUT2D eigenvalue weighted by Crippen LogP contribution is 2.23. The lowest BCUT2D eigenvalue weighted by Gasteiger charge is -2.15. The number of carbonyl (C=O) groups is 2. The second kappa shape index (κ2) is 9.34. The zero-order chi connectivity index (χ0) is 22.5. The van der Waals surface area contributed by atoms with Crippen molar-refractivity contribution in [2.24, 2.45) is 0 Å². The Bertz CT molecular complexity index is 1300. The van der Waals surface area contributed by atoms with Crippen molar-refractivity contribution in [1.29, 1.82) is 0 Å². The first-order chi connectivity index (χ1) is 15.6. The van der Waals surface area contributed by atoms with Crippen LogP contribution in [0.4, 0.5) is 5.69 Å². The number of para-hydroxylation sites is 4. The maximum Gasteiger partial charge on any atom is 0.326 e. The molecule has 0 aliphatic carbocycles. The molecule has 0 atom stereocenters. The second-order valence-electron chi connectivity index (χ2n) is 7.09. The van der Waals surface area contributed by atoms with Crippen LogP contribution < -0.4 is 15.5 Å². The Hall–Kier alpha value is -4.13. The van der Waals surface area contributed by atoms with E-state index in [-0.39, 0.29) is 12.0 Å². The largest absolute Gasteiger partial charge is 0.492 e. The number of hydrogen-bond donors (Lipinski definition) is 1. The first-order valence-corrected chi connectivity index (χ1v) is 10.3. The van der Waals surface area contributed by atoms with Crippen molar-refractivity contribution in [3.8, 4) is 5.75 Å². The van der Waals surface area contributed by atoms with Gasteiger partial charge in [-0.3, -0.25) is 14.4 Å². The number of nitrogens with one attached hydrogen (secondary N) is 1. The number of carbonyl (C=O) groups excluding carboxylic acids is 2. The van der Waals surface area contributed by atoms with Gasteiger partial charge in [0.2, 0.25) is 0 Å². The molecule has 4 aromatic rings. The molecule has 0 spiro atoms. The Kier molecular flexibility index (Phi) is 6.17. The van der Waals surface area contributed by atoms with Crippen molar-refractivity contribution in [2.75, 3.05) is 18.5 Å². The van der Waals surface area contributed by atoms with E-state index in [1.54, 1.807) is 65.2 Å². The Morgan fingerprint density at radius 1 is 0.875 bits per heavy atom. The molecule has 0 aliphatic rings. The van der Waals surface area contributed by atoms with E-state index in [4.69, 9.17) is 9.47 Å². The summed E-state index contributed by atoms with van der Waals surface area (Å²) in [6.07, 6.45) is 0. The van der Waals surface area contributed by atoms with Crippen LogP contribution in [0, 0.1) is 0 Å². The minimum Gasteiger partial charge on any atom is -0.492 e. The van der Waals surface area contributed by atoms with Crippen molar-refractivity contribution in [3.05, 3.63) is 83.0 Å². The van der Waals surface area contributed by atoms with Crippen LogP contribution in [0.15, 0.2) is 77.6 Å². The molecule has 3 aromatic carbocycles. The Balaban J connectivity index is 1.51. The minimum absolute atomic E-state index is 0.0897. The molecular weight excluding hydrogens is 408 g/mol. The summed E-state index contributed by atoms with van der Waals surface area (Å²) >= 11 is 0. The molecule has 0 radical (unpaired) electrons. The number of hydrogen-bond acceptors (Lipinski definition) is 5. The van der Waals surface area contributed by atoms with Crippen LogP contribution in [0.2, 0.25) is 0 Å². The fraction of sp³-hybridized carbons (Fsp3) is 0.160. The number of fused-ring (bicyclic) bond motifs is 2. The summed E-state index contributed by atoms with van der Waals surface area (Å²) < 4.78 is 12.4. The van der Waals surface area contributed by atoms with E-state index in [2.05, 4.69) is 5.32 Å². The van der Waals surface area contributed by atoms with Crippen LogP contribution in [0.1, 0.15) is 6.92 Å². The number of aromatic nitrogens is 1. The third-order valence-electron chi connectivity index (χ3n) is 4.99. The maximum absolute atomic E-state index is 12.8. The quantitative estimate of drug-likeness (QED) is 0.357. The van der Waals surface area contributed by atoms with E-state index in [0.29, 0.717) is 39.8 Å². The summed E-state index contributed by atoms with van der Waals surface area (Å²) in [7, 11) is 0. The summed E-state index contributed by atoms with van der Waals surface area (Å²) in [5, 5.41) is 3.73. The molecule has 0 saturated carbocycles. The number of pyridine rings is 1. The molecule has 0 bridgehead atoms. The van der Waals surface area contributed by atoms with Crippen LogP contribution in [0.25, 0.3) is 21.8 Å². The number of ether oxygens (including phenoxy) is 2. The van der Waals surface area contributed by atoms with E-state index in [1.165, 1.54) is 0 Å². The summed E-state index contributed by atoms with van der Waals surface area (Å²) in [5.74, 6) is -0.516. The second-order valence-corrected chi connectivity index (χ2v) is 7.09. The highest BCUT2D eigenvalue weighted by molar-refractivity contribution is 5.96. The van der Waals surface area contributed by atoms with Gasteiger partial charge in [-0.1, -0.05) is 36.4 Å². The average Bonchev–Trinajstić information content (AvgIpc) is 2.82. The summed E-state index contributed by atoms with van der Waals surface area (Å²) in [6, 6.07) is 21.3. The van der Waals surface area contributed by atoms with Crippen molar-refractivity contribution < 1.29 is 19.1 Å². The molecule has 0 saturated heterocycles. The lowest BCUT2D eigenvalue weighted by molar-refractivity contribution is -0.147. The van der Waals surface area contributed by atoms with Crippen LogP contribution in [0.5, 0.6) is 5.75 Å². The van der Waals surface area contributed by atoms with Crippen molar-refractivity contribution in [2.45, 2.75) is 13.5 Å². The van der Waals surface area contributed by atoms with E-state index in [1.807, 2.05) is 19.1 Å². The Morgan fingerprint density at radius 2 is 1.47 bits per heavy atom. The maximum atomic E-state index is 12.8. The van der Waals surface area contributed by atoms with E-state index in [0.717, 1.165) is 0 Å². The summed E-state index contributed by atoms with van der Waals surface area (Å²) in [5.41, 5.74) is 1.67. The van der Waals surface area contributed by atoms with Crippen LogP contribution in [0.3, 0.4) is 0 Å². The van der Waals surface area contributed by atoms with Gasteiger partial charge in [-0.2, -0.15) is 0 Å². The summed E-state index contributed by atoms with van der Waals surface area (Å²) in [4.78, 5) is 37.7. The van der Waals surface area contributed by atoms with Gasteiger partial charge in [-0.25, -0.2) is 0 Å². The van der Waals surface area contributed by atoms with E-state index in [9.17, 15) is 14.4 Å². The molecule has 4 rings (SSSR count). The van der Waals surface area contributed by atoms with Crippen LogP contribution in [-0.2, 0) is 20.9 Å². The van der Waals surface area contributed by atoms with Gasteiger partial charge in [-0.05, 0) is 43.3 Å². The Morgan fingerprint density at radius 3 is 2.12 bits per heavy atom. The molecular formula is C25H22N2O5. The van der Waals surface area contributed by atoms with Gasteiger partial charge in [0, 0.05) is 10.8 Å². The number of nitrogens with zero attached hydrogens (tertiary/aromatic N) is 1.